The molecule has 2 saturated heterocycles. The molecule has 0 spiro atoms. The number of aromatic nitrogens is 4. The van der Waals surface area contributed by atoms with Gasteiger partial charge in [-0.3, -0.25) is 9.78 Å². The molecule has 5 atom stereocenters. The first-order valence-electron chi connectivity index (χ1n) is 10.8. The summed E-state index contributed by atoms with van der Waals surface area (Å²) in [6, 6.07) is 0. The highest BCUT2D eigenvalue weighted by Crippen LogP contribution is 2.64. The van der Waals surface area contributed by atoms with Crippen molar-refractivity contribution in [3.8, 4) is 5.95 Å². The predicted octanol–water partition coefficient (Wildman–Crippen LogP) is -1.71. The quantitative estimate of drug-likeness (QED) is 0.148. The minimum absolute atomic E-state index is 0.0315. The third-order valence-electron chi connectivity index (χ3n) is 5.29. The molecule has 9 N–H and O–H groups in total. The second-order valence-corrected chi connectivity index (χ2v) is 12.4. The molecule has 2 aromatic heterocycles. The van der Waals surface area contributed by atoms with Crippen LogP contribution in [0.2, 0.25) is 0 Å². The smallest absolute Gasteiger partial charge is 0.388 e. The molecule has 2 aliphatic heterocycles. The van der Waals surface area contributed by atoms with Crippen LogP contribution in [0.4, 0.5) is 0 Å². The largest absolute Gasteiger partial charge is 0.490 e. The number of aliphatic hydroxyl groups excluding tert-OH is 2. The number of H-pyrrole nitrogens is 2. The van der Waals surface area contributed by atoms with Crippen molar-refractivity contribution in [2.24, 2.45) is 0 Å². The van der Waals surface area contributed by atoms with Gasteiger partial charge in [-0.1, -0.05) is 0 Å². The average Bonchev–Trinajstić information content (AvgIpc) is 3.51. The van der Waals surface area contributed by atoms with E-state index in [-0.39, 0.29) is 17.6 Å². The Bertz CT molecular complexity index is 1350. The molecule has 2 aromatic rings. The van der Waals surface area contributed by atoms with E-state index in [4.69, 9.17) is 33.9 Å². The van der Waals surface area contributed by atoms with Crippen molar-refractivity contribution in [1.29, 1.82) is 0 Å². The van der Waals surface area contributed by atoms with Gasteiger partial charge in [0.15, 0.2) is 0 Å². The van der Waals surface area contributed by atoms with Crippen LogP contribution in [0.3, 0.4) is 0 Å². The molecule has 4 heterocycles. The highest BCUT2D eigenvalue weighted by molar-refractivity contribution is 7.66. The van der Waals surface area contributed by atoms with Crippen molar-refractivity contribution in [2.75, 3.05) is 6.61 Å². The number of ether oxygens (including phenoxy) is 2. The van der Waals surface area contributed by atoms with Gasteiger partial charge in [-0.2, -0.15) is 8.62 Å². The van der Waals surface area contributed by atoms with E-state index in [9.17, 15) is 33.5 Å². The van der Waals surface area contributed by atoms with Crippen LogP contribution in [0.25, 0.3) is 5.95 Å². The van der Waals surface area contributed by atoms with Crippen LogP contribution in [0.5, 0.6) is 0 Å². The third kappa shape index (κ3) is 9.07. The second-order valence-electron chi connectivity index (χ2n) is 8.19. The maximum absolute atomic E-state index is 12.3. The van der Waals surface area contributed by atoms with Gasteiger partial charge in [-0.25, -0.2) is 28.0 Å². The number of imidazole rings is 1. The van der Waals surface area contributed by atoms with E-state index in [1.807, 2.05) is 0 Å². The minimum atomic E-state index is -5.46. The van der Waals surface area contributed by atoms with E-state index >= 15 is 0 Å². The first-order valence-corrected chi connectivity index (χ1v) is 15.4. The van der Waals surface area contributed by atoms with Gasteiger partial charge >= 0.3 is 29.2 Å². The molecule has 39 heavy (non-hydrogen) atoms. The fraction of sp³-hybridized carbons (Fsp3) is 0.562. The minimum Gasteiger partial charge on any atom is -0.388 e. The van der Waals surface area contributed by atoms with Crippen molar-refractivity contribution in [3.05, 3.63) is 45.0 Å². The molecule has 220 valence electrons. The molecule has 1 unspecified atom stereocenters. The number of aromatic amines is 2. The molecule has 0 radical (unpaired) electrons. The zero-order valence-electron chi connectivity index (χ0n) is 19.5. The molecule has 2 fully saturated rings. The van der Waals surface area contributed by atoms with Crippen LogP contribution in [0.1, 0.15) is 30.9 Å². The van der Waals surface area contributed by atoms with Gasteiger partial charge in [0.25, 0.3) is 5.56 Å². The Labute approximate surface area is 217 Å². The number of nitrogens with one attached hydrogen (secondary N) is 2. The number of nitrogens with zero attached hydrogens (tertiary/aromatic N) is 2. The van der Waals surface area contributed by atoms with Crippen molar-refractivity contribution < 1.29 is 66.5 Å². The fourth-order valence-corrected chi connectivity index (χ4v) is 6.35. The molecule has 0 saturated carbocycles. The van der Waals surface area contributed by atoms with E-state index in [2.05, 4.69) is 23.6 Å². The van der Waals surface area contributed by atoms with Crippen LogP contribution in [0.15, 0.2) is 28.2 Å². The van der Waals surface area contributed by atoms with Crippen LogP contribution < -0.4 is 11.2 Å². The average molecular weight is 622 g/mol. The van der Waals surface area contributed by atoms with Gasteiger partial charge in [-0.15, -0.1) is 0 Å². The summed E-state index contributed by atoms with van der Waals surface area (Å²) in [5, 5.41) is 20.7. The maximum Gasteiger partial charge on any atom is 0.490 e. The standard InChI is InChI=1S/C16H20N4O6.H5O10P3/c21-11-10(6-8-2-1-5-25-8)26-13(12(11)22)9-7-20(15-17-3-4-18-15)16(24)19-14(9)23;1-11(2,3)9-13(7,8)10-12(4,5)6/h3-4,7-8,10-13,21-22H,1-2,5-6H2,(H,17,18)(H,19,23,24);(H,7,8)(H2,1,2,3)(H2,4,5,6)/t8?,10-,11-,12-,13+;/m1./s1. The first kappa shape index (κ1) is 31.7. The SMILES string of the molecule is O=P(O)(O)OP(=O)(O)OP(=O)(O)O.O=c1[nH]c(=O)n(-c2ncc[nH]2)cc1[C@@H]1O[C@H](CC2CCCO2)[C@@H](O)[C@H]1O. The first-order chi connectivity index (χ1) is 18.0. The van der Waals surface area contributed by atoms with E-state index < -0.39 is 59.1 Å². The Kier molecular flexibility index (Phi) is 10.0. The topological polar surface area (TPSA) is 313 Å². The van der Waals surface area contributed by atoms with Gasteiger partial charge in [0.05, 0.1) is 17.8 Å². The summed E-state index contributed by atoms with van der Waals surface area (Å²) in [7, 11) is -16.2. The van der Waals surface area contributed by atoms with Crippen molar-refractivity contribution >= 4 is 23.5 Å². The van der Waals surface area contributed by atoms with Crippen LogP contribution in [0, 0.1) is 0 Å². The molecule has 0 amide bonds. The van der Waals surface area contributed by atoms with Gasteiger partial charge in [0, 0.05) is 31.6 Å². The third-order valence-corrected chi connectivity index (χ3v) is 8.64. The van der Waals surface area contributed by atoms with Crippen molar-refractivity contribution in [1.82, 2.24) is 19.5 Å². The van der Waals surface area contributed by atoms with Crippen LogP contribution in [-0.4, -0.2) is 85.2 Å². The highest BCUT2D eigenvalue weighted by Gasteiger charge is 2.45. The second kappa shape index (κ2) is 12.3. The molecule has 0 aromatic carbocycles. The molecular weight excluding hydrogens is 597 g/mol. The number of phosphoric acid groups is 3. The Morgan fingerprint density at radius 3 is 2.21 bits per heavy atom. The number of hydrogen-bond donors (Lipinski definition) is 9. The van der Waals surface area contributed by atoms with Gasteiger partial charge in [-0.05, 0) is 12.8 Å². The summed E-state index contributed by atoms with van der Waals surface area (Å²) >= 11 is 0. The summed E-state index contributed by atoms with van der Waals surface area (Å²) in [6.07, 6.45) is 2.37. The lowest BCUT2D eigenvalue weighted by molar-refractivity contribution is -0.0263. The molecule has 20 nitrogen and oxygen atoms in total. The Hall–Kier alpha value is -1.86. The Morgan fingerprint density at radius 2 is 1.69 bits per heavy atom. The van der Waals surface area contributed by atoms with Crippen LogP contribution in [-0.2, 0) is 31.8 Å². The lowest BCUT2D eigenvalue weighted by atomic mass is 10.00. The zero-order chi connectivity index (χ0) is 29.2. The van der Waals surface area contributed by atoms with Crippen molar-refractivity contribution in [2.45, 2.75) is 49.8 Å². The molecule has 0 aliphatic carbocycles. The maximum atomic E-state index is 12.3. The number of hydrogen-bond acceptors (Lipinski definition) is 12. The predicted molar refractivity (Wildman–Crippen MR) is 124 cm³/mol. The fourth-order valence-electron chi connectivity index (χ4n) is 3.81. The van der Waals surface area contributed by atoms with E-state index in [0.29, 0.717) is 13.0 Å². The van der Waals surface area contributed by atoms with E-state index in [1.165, 1.54) is 18.6 Å². The molecular formula is C16H25N4O16P3. The lowest BCUT2D eigenvalue weighted by Gasteiger charge is -2.18. The summed E-state index contributed by atoms with van der Waals surface area (Å²) in [5.74, 6) is 0.219. The zero-order valence-corrected chi connectivity index (χ0v) is 22.2. The molecule has 2 aliphatic rings. The molecule has 23 heteroatoms. The number of aliphatic hydroxyl groups is 2. The van der Waals surface area contributed by atoms with Gasteiger partial charge in [0.2, 0.25) is 5.95 Å². The van der Waals surface area contributed by atoms with Gasteiger partial charge in [0.1, 0.15) is 18.3 Å². The molecule has 0 bridgehead atoms. The van der Waals surface area contributed by atoms with Crippen molar-refractivity contribution in [3.63, 3.8) is 0 Å². The summed E-state index contributed by atoms with van der Waals surface area (Å²) in [5.41, 5.74) is -1.30. The molecule has 4 rings (SSSR count). The summed E-state index contributed by atoms with van der Waals surface area (Å²) in [6.45, 7) is 0.674. The van der Waals surface area contributed by atoms with Crippen LogP contribution >= 0.6 is 23.5 Å². The number of rotatable bonds is 8. The van der Waals surface area contributed by atoms with E-state index in [0.717, 1.165) is 17.4 Å². The Balaban J connectivity index is 0.000000276. The normalized spacial score (nSPS) is 25.9. The van der Waals surface area contributed by atoms with E-state index in [1.54, 1.807) is 0 Å². The van der Waals surface area contributed by atoms with Gasteiger partial charge < -0.3 is 49.1 Å². The Morgan fingerprint density at radius 1 is 1.05 bits per heavy atom. The monoisotopic (exact) mass is 622 g/mol. The lowest BCUT2D eigenvalue weighted by Crippen LogP contribution is -2.35. The summed E-state index contributed by atoms with van der Waals surface area (Å²) in [4.78, 5) is 73.4. The summed E-state index contributed by atoms with van der Waals surface area (Å²) < 4.78 is 48.8. The highest BCUT2D eigenvalue weighted by atomic mass is 31.3.